The smallest absolute Gasteiger partial charge is 0.354 e. The normalized spacial score (nSPS) is 17.6. The molecule has 0 unspecified atom stereocenters. The highest BCUT2D eigenvalue weighted by atomic mass is 19.4. The highest BCUT2D eigenvalue weighted by Crippen LogP contribution is 2.27. The summed E-state index contributed by atoms with van der Waals surface area (Å²) in [5.41, 5.74) is 0. The van der Waals surface area contributed by atoms with Crippen molar-refractivity contribution in [3.63, 3.8) is 0 Å². The van der Waals surface area contributed by atoms with Crippen molar-refractivity contribution in [3.05, 3.63) is 18.1 Å². The molecular formula is C9H11F3N4. The van der Waals surface area contributed by atoms with Crippen LogP contribution in [0.4, 0.5) is 19.0 Å². The lowest BCUT2D eigenvalue weighted by molar-refractivity contribution is -0.144. The monoisotopic (exact) mass is 232 g/mol. The third kappa shape index (κ3) is 2.41. The summed E-state index contributed by atoms with van der Waals surface area (Å²) in [5.74, 6) is -0.743. The highest BCUT2D eigenvalue weighted by Gasteiger charge is 2.35. The van der Waals surface area contributed by atoms with Gasteiger partial charge in [-0.1, -0.05) is 0 Å². The number of piperazine rings is 1. The molecule has 0 spiro atoms. The number of aromatic nitrogens is 2. The van der Waals surface area contributed by atoms with Crippen LogP contribution in [0, 0.1) is 0 Å². The van der Waals surface area contributed by atoms with Gasteiger partial charge < -0.3 is 10.2 Å². The Morgan fingerprint density at radius 1 is 1.25 bits per heavy atom. The fourth-order valence-electron chi connectivity index (χ4n) is 1.56. The van der Waals surface area contributed by atoms with Crippen molar-refractivity contribution in [2.24, 2.45) is 0 Å². The van der Waals surface area contributed by atoms with Gasteiger partial charge in [-0.3, -0.25) is 0 Å². The topological polar surface area (TPSA) is 41.1 Å². The van der Waals surface area contributed by atoms with Crippen molar-refractivity contribution in [1.82, 2.24) is 15.3 Å². The van der Waals surface area contributed by atoms with Crippen LogP contribution >= 0.6 is 0 Å². The van der Waals surface area contributed by atoms with Crippen molar-refractivity contribution in [2.45, 2.75) is 6.18 Å². The van der Waals surface area contributed by atoms with Gasteiger partial charge in [0, 0.05) is 32.4 Å². The first-order valence-electron chi connectivity index (χ1n) is 4.93. The van der Waals surface area contributed by atoms with Crippen LogP contribution in [0.2, 0.25) is 0 Å². The Labute approximate surface area is 90.5 Å². The summed E-state index contributed by atoms with van der Waals surface area (Å²) in [6.07, 6.45) is -3.34. The second-order valence-corrected chi connectivity index (χ2v) is 3.47. The van der Waals surface area contributed by atoms with E-state index in [9.17, 15) is 13.2 Å². The molecule has 1 aliphatic heterocycles. The van der Waals surface area contributed by atoms with Gasteiger partial charge in [0.1, 0.15) is 5.82 Å². The molecule has 1 fully saturated rings. The molecule has 0 aliphatic carbocycles. The van der Waals surface area contributed by atoms with Crippen LogP contribution in [0.15, 0.2) is 12.3 Å². The van der Waals surface area contributed by atoms with E-state index >= 15 is 0 Å². The molecule has 1 aliphatic rings. The zero-order chi connectivity index (χ0) is 11.6. The summed E-state index contributed by atoms with van der Waals surface area (Å²) in [6, 6.07) is 1.50. The SMILES string of the molecule is FC(F)(F)c1nccc(N2CCNCC2)n1. The van der Waals surface area contributed by atoms with E-state index in [1.807, 2.05) is 4.90 Å². The Balaban J connectivity index is 2.21. The van der Waals surface area contributed by atoms with E-state index in [1.54, 1.807) is 0 Å². The first-order chi connectivity index (χ1) is 7.57. The molecule has 2 heterocycles. The van der Waals surface area contributed by atoms with Gasteiger partial charge in [0.2, 0.25) is 5.82 Å². The van der Waals surface area contributed by atoms with Crippen LogP contribution in [-0.4, -0.2) is 36.1 Å². The third-order valence-corrected chi connectivity index (χ3v) is 2.34. The Hall–Kier alpha value is -1.37. The van der Waals surface area contributed by atoms with Crippen LogP contribution in [0.5, 0.6) is 0 Å². The molecule has 1 saturated heterocycles. The lowest BCUT2D eigenvalue weighted by atomic mass is 10.3. The van der Waals surface area contributed by atoms with E-state index in [0.717, 1.165) is 19.3 Å². The molecule has 4 nitrogen and oxygen atoms in total. The Morgan fingerprint density at radius 3 is 2.56 bits per heavy atom. The van der Waals surface area contributed by atoms with Crippen molar-refractivity contribution in [3.8, 4) is 0 Å². The van der Waals surface area contributed by atoms with Gasteiger partial charge in [0.25, 0.3) is 0 Å². The van der Waals surface area contributed by atoms with Gasteiger partial charge in [-0.2, -0.15) is 13.2 Å². The highest BCUT2D eigenvalue weighted by molar-refractivity contribution is 5.38. The molecule has 0 saturated carbocycles. The minimum absolute atomic E-state index is 0.337. The molecule has 0 aromatic carbocycles. The summed E-state index contributed by atoms with van der Waals surface area (Å²) in [4.78, 5) is 8.57. The van der Waals surface area contributed by atoms with Gasteiger partial charge in [-0.25, -0.2) is 9.97 Å². The molecule has 2 rings (SSSR count). The molecule has 1 aromatic heterocycles. The quantitative estimate of drug-likeness (QED) is 0.781. The number of hydrogen-bond donors (Lipinski definition) is 1. The maximum atomic E-state index is 12.4. The average Bonchev–Trinajstić information content (AvgIpc) is 2.29. The molecular weight excluding hydrogens is 221 g/mol. The average molecular weight is 232 g/mol. The molecule has 16 heavy (non-hydrogen) atoms. The minimum Gasteiger partial charge on any atom is -0.354 e. The molecule has 0 bridgehead atoms. The van der Waals surface area contributed by atoms with Crippen LogP contribution in [-0.2, 0) is 6.18 Å². The van der Waals surface area contributed by atoms with Crippen molar-refractivity contribution >= 4 is 5.82 Å². The van der Waals surface area contributed by atoms with Gasteiger partial charge in [-0.15, -0.1) is 0 Å². The Bertz CT molecular complexity index is 360. The van der Waals surface area contributed by atoms with Crippen LogP contribution in [0.3, 0.4) is 0 Å². The van der Waals surface area contributed by atoms with Gasteiger partial charge >= 0.3 is 6.18 Å². The summed E-state index contributed by atoms with van der Waals surface area (Å²) in [6.45, 7) is 2.83. The summed E-state index contributed by atoms with van der Waals surface area (Å²) in [7, 11) is 0. The largest absolute Gasteiger partial charge is 0.451 e. The summed E-state index contributed by atoms with van der Waals surface area (Å²) < 4.78 is 37.1. The fourth-order valence-corrected chi connectivity index (χ4v) is 1.56. The number of halogens is 3. The standard InChI is InChI=1S/C9H11F3N4/c10-9(11,12)8-14-2-1-7(15-8)16-5-3-13-4-6-16/h1-2,13H,3-6H2. The fraction of sp³-hybridized carbons (Fsp3) is 0.556. The second kappa shape index (κ2) is 4.25. The molecule has 7 heteroatoms. The van der Waals surface area contributed by atoms with Crippen molar-refractivity contribution < 1.29 is 13.2 Å². The van der Waals surface area contributed by atoms with E-state index in [-0.39, 0.29) is 0 Å². The molecule has 0 atom stereocenters. The molecule has 1 N–H and O–H groups in total. The van der Waals surface area contributed by atoms with E-state index in [1.165, 1.54) is 6.07 Å². The predicted octanol–water partition coefficient (Wildman–Crippen LogP) is 0.905. The third-order valence-electron chi connectivity index (χ3n) is 2.34. The Kier molecular flexibility index (Phi) is 2.95. The summed E-state index contributed by atoms with van der Waals surface area (Å²) in [5, 5.41) is 3.12. The lowest BCUT2D eigenvalue weighted by Crippen LogP contribution is -2.44. The van der Waals surface area contributed by atoms with Gasteiger partial charge in [-0.05, 0) is 6.07 Å². The molecule has 0 amide bonds. The number of anilines is 1. The van der Waals surface area contributed by atoms with E-state index in [4.69, 9.17) is 0 Å². The number of rotatable bonds is 1. The van der Waals surface area contributed by atoms with Crippen LogP contribution in [0.25, 0.3) is 0 Å². The molecule has 0 radical (unpaired) electrons. The van der Waals surface area contributed by atoms with Gasteiger partial charge in [0.15, 0.2) is 0 Å². The van der Waals surface area contributed by atoms with Crippen LogP contribution < -0.4 is 10.2 Å². The zero-order valence-corrected chi connectivity index (χ0v) is 8.46. The van der Waals surface area contributed by atoms with Crippen molar-refractivity contribution in [2.75, 3.05) is 31.1 Å². The van der Waals surface area contributed by atoms with E-state index in [2.05, 4.69) is 15.3 Å². The number of nitrogens with one attached hydrogen (secondary N) is 1. The second-order valence-electron chi connectivity index (χ2n) is 3.47. The summed E-state index contributed by atoms with van der Waals surface area (Å²) >= 11 is 0. The lowest BCUT2D eigenvalue weighted by Gasteiger charge is -2.28. The van der Waals surface area contributed by atoms with Gasteiger partial charge in [0.05, 0.1) is 0 Å². The maximum absolute atomic E-state index is 12.4. The molecule has 1 aromatic rings. The zero-order valence-electron chi connectivity index (χ0n) is 8.46. The van der Waals surface area contributed by atoms with E-state index in [0.29, 0.717) is 18.9 Å². The predicted molar refractivity (Wildman–Crippen MR) is 52.1 cm³/mol. The van der Waals surface area contributed by atoms with E-state index < -0.39 is 12.0 Å². The maximum Gasteiger partial charge on any atom is 0.451 e. The first-order valence-corrected chi connectivity index (χ1v) is 4.93. The van der Waals surface area contributed by atoms with Crippen LogP contribution in [0.1, 0.15) is 5.82 Å². The van der Waals surface area contributed by atoms with Crippen molar-refractivity contribution in [1.29, 1.82) is 0 Å². The number of nitrogens with zero attached hydrogens (tertiary/aromatic N) is 3. The minimum atomic E-state index is -4.48. The molecule has 88 valence electrons. The number of alkyl halides is 3. The first kappa shape index (κ1) is 11.1. The number of hydrogen-bond acceptors (Lipinski definition) is 4. The Morgan fingerprint density at radius 2 is 1.94 bits per heavy atom.